The van der Waals surface area contributed by atoms with Crippen molar-refractivity contribution in [3.63, 3.8) is 0 Å². The molecule has 1 atom stereocenters. The molecule has 6 nitrogen and oxygen atoms in total. The maximum Gasteiger partial charge on any atom is 0.279 e. The van der Waals surface area contributed by atoms with Gasteiger partial charge in [-0.05, 0) is 24.3 Å². The Hall–Kier alpha value is -2.28. The van der Waals surface area contributed by atoms with Gasteiger partial charge in [0.1, 0.15) is 18.0 Å². The van der Waals surface area contributed by atoms with Crippen LogP contribution in [0.15, 0.2) is 36.4 Å². The van der Waals surface area contributed by atoms with E-state index in [2.05, 4.69) is 5.32 Å². The smallest absolute Gasteiger partial charge is 0.279 e. The van der Waals surface area contributed by atoms with Gasteiger partial charge in [0.15, 0.2) is 13.3 Å². The Labute approximate surface area is 157 Å². The maximum atomic E-state index is 12.3. The zero-order valence-electron chi connectivity index (χ0n) is 14.8. The van der Waals surface area contributed by atoms with Crippen LogP contribution in [0.1, 0.15) is 11.1 Å². The van der Waals surface area contributed by atoms with Crippen LogP contribution in [0.25, 0.3) is 0 Å². The lowest BCUT2D eigenvalue weighted by Crippen LogP contribution is -3.08. The molecule has 1 heterocycles. The van der Waals surface area contributed by atoms with Crippen LogP contribution >= 0.6 is 11.6 Å². The van der Waals surface area contributed by atoms with Crippen LogP contribution < -0.4 is 19.7 Å². The zero-order valence-corrected chi connectivity index (χ0v) is 15.6. The van der Waals surface area contributed by atoms with Gasteiger partial charge in [0.2, 0.25) is 0 Å². The van der Waals surface area contributed by atoms with Crippen LogP contribution in [-0.2, 0) is 22.7 Å². The number of likely N-dealkylation sites (N-methyl/N-ethyl adjacent to an activating group) is 1. The van der Waals surface area contributed by atoms with Crippen LogP contribution in [0.2, 0.25) is 5.02 Å². The molecule has 0 fully saturated rings. The quantitative estimate of drug-likeness (QED) is 0.806. The molecule has 0 saturated heterocycles. The number of nitrogens with one attached hydrogen (secondary N) is 2. The number of hydrogen-bond acceptors (Lipinski definition) is 4. The summed E-state index contributed by atoms with van der Waals surface area (Å²) in [5, 5.41) is 3.53. The zero-order chi connectivity index (χ0) is 18.5. The molecule has 1 aliphatic rings. The number of carbonyl (C=O) groups is 1. The molecule has 0 aliphatic carbocycles. The number of benzene rings is 2. The predicted molar refractivity (Wildman–Crippen MR) is 98.8 cm³/mol. The minimum absolute atomic E-state index is 0.0732. The second-order valence-electron chi connectivity index (χ2n) is 6.25. The van der Waals surface area contributed by atoms with E-state index >= 15 is 0 Å². The number of quaternary nitrogens is 1. The molecular formula is C19H22ClN2O4+. The molecule has 1 aliphatic heterocycles. The van der Waals surface area contributed by atoms with Crippen molar-refractivity contribution in [3.8, 4) is 11.5 Å². The number of rotatable bonds is 6. The first kappa shape index (κ1) is 18.5. The van der Waals surface area contributed by atoms with Crippen molar-refractivity contribution in [1.82, 2.24) is 0 Å². The summed E-state index contributed by atoms with van der Waals surface area (Å²) in [5.41, 5.74) is 2.62. The molecule has 1 unspecified atom stereocenters. The lowest BCUT2D eigenvalue weighted by molar-refractivity contribution is -0.885. The van der Waals surface area contributed by atoms with Gasteiger partial charge in [0, 0.05) is 22.3 Å². The minimum Gasteiger partial charge on any atom is -0.497 e. The second kappa shape index (κ2) is 8.40. The summed E-state index contributed by atoms with van der Waals surface area (Å²) in [4.78, 5) is 13.3. The van der Waals surface area contributed by atoms with Crippen LogP contribution in [0.5, 0.6) is 11.5 Å². The molecule has 2 N–H and O–H groups in total. The highest BCUT2D eigenvalue weighted by Crippen LogP contribution is 2.31. The number of ether oxygens (including phenoxy) is 3. The number of fused-ring (bicyclic) bond motifs is 1. The average molecular weight is 378 g/mol. The maximum absolute atomic E-state index is 12.3. The molecule has 26 heavy (non-hydrogen) atoms. The molecule has 138 valence electrons. The van der Waals surface area contributed by atoms with E-state index in [1.165, 1.54) is 0 Å². The number of anilines is 1. The molecule has 0 bridgehead atoms. The molecule has 0 aromatic heterocycles. The summed E-state index contributed by atoms with van der Waals surface area (Å²) < 4.78 is 16.1. The van der Waals surface area contributed by atoms with Crippen LogP contribution in [-0.4, -0.2) is 33.4 Å². The third kappa shape index (κ3) is 4.66. The number of methoxy groups -OCH3 is 1. The van der Waals surface area contributed by atoms with E-state index in [-0.39, 0.29) is 12.7 Å². The third-order valence-corrected chi connectivity index (χ3v) is 4.28. The highest BCUT2D eigenvalue weighted by Gasteiger charge is 2.20. The van der Waals surface area contributed by atoms with Crippen molar-refractivity contribution in [2.45, 2.75) is 13.2 Å². The first-order valence-electron chi connectivity index (χ1n) is 8.32. The van der Waals surface area contributed by atoms with Crippen LogP contribution in [0.3, 0.4) is 0 Å². The summed E-state index contributed by atoms with van der Waals surface area (Å²) in [5.74, 6) is 1.44. The fourth-order valence-corrected chi connectivity index (χ4v) is 3.22. The standard InChI is InChI=1S/C19H21ClN2O4/c1-22(10-18(23)21-16-4-3-5-17(8-16)24-2)9-13-6-15(20)7-14-11-25-12-26-19(13)14/h3-8H,9-12H2,1-2H3,(H,21,23)/p+1. The predicted octanol–water partition coefficient (Wildman–Crippen LogP) is 1.87. The number of carbonyl (C=O) groups excluding carboxylic acids is 1. The van der Waals surface area contributed by atoms with E-state index in [9.17, 15) is 4.79 Å². The van der Waals surface area contributed by atoms with Gasteiger partial charge in [-0.25, -0.2) is 0 Å². The first-order valence-corrected chi connectivity index (χ1v) is 8.70. The molecule has 3 rings (SSSR count). The van der Waals surface area contributed by atoms with E-state index in [0.717, 1.165) is 21.8 Å². The molecule has 2 aromatic rings. The summed E-state index contributed by atoms with van der Waals surface area (Å²) in [7, 11) is 3.55. The molecule has 1 amide bonds. The highest BCUT2D eigenvalue weighted by atomic mass is 35.5. The SMILES string of the molecule is COc1cccc(NC(=O)C[NH+](C)Cc2cc(Cl)cc3c2OCOC3)c1. The normalized spacial score (nSPS) is 14.1. The van der Waals surface area contributed by atoms with Gasteiger partial charge in [-0.2, -0.15) is 0 Å². The Balaban J connectivity index is 1.62. The van der Waals surface area contributed by atoms with E-state index in [4.69, 9.17) is 25.8 Å². The molecule has 7 heteroatoms. The van der Waals surface area contributed by atoms with Crippen molar-refractivity contribution < 1.29 is 23.9 Å². The molecule has 0 spiro atoms. The number of hydrogen-bond donors (Lipinski definition) is 2. The highest BCUT2D eigenvalue weighted by molar-refractivity contribution is 6.30. The van der Waals surface area contributed by atoms with Crippen LogP contribution in [0.4, 0.5) is 5.69 Å². The lowest BCUT2D eigenvalue weighted by atomic mass is 10.1. The first-order chi connectivity index (χ1) is 12.5. The summed E-state index contributed by atoms with van der Waals surface area (Å²) in [6.45, 7) is 1.65. The monoisotopic (exact) mass is 377 g/mol. The van der Waals surface area contributed by atoms with Gasteiger partial charge in [-0.1, -0.05) is 17.7 Å². The fraction of sp³-hybridized carbons (Fsp3) is 0.316. The van der Waals surface area contributed by atoms with E-state index in [1.807, 2.05) is 37.4 Å². The Morgan fingerprint density at radius 1 is 1.35 bits per heavy atom. The topological polar surface area (TPSA) is 61.2 Å². The lowest BCUT2D eigenvalue weighted by Gasteiger charge is -2.22. The van der Waals surface area contributed by atoms with Crippen molar-refractivity contribution in [3.05, 3.63) is 52.5 Å². The average Bonchev–Trinajstić information content (AvgIpc) is 2.61. The van der Waals surface area contributed by atoms with Gasteiger partial charge >= 0.3 is 0 Å². The van der Waals surface area contributed by atoms with E-state index < -0.39 is 0 Å². The molecule has 2 aromatic carbocycles. The molecule has 0 radical (unpaired) electrons. The van der Waals surface area contributed by atoms with Gasteiger partial charge in [0.05, 0.1) is 26.3 Å². The number of halogens is 1. The van der Waals surface area contributed by atoms with Gasteiger partial charge in [0.25, 0.3) is 5.91 Å². The molecular weight excluding hydrogens is 356 g/mol. The molecule has 0 saturated carbocycles. The second-order valence-corrected chi connectivity index (χ2v) is 6.69. The Kier molecular flexibility index (Phi) is 5.98. The van der Waals surface area contributed by atoms with Crippen molar-refractivity contribution >= 4 is 23.2 Å². The van der Waals surface area contributed by atoms with Crippen LogP contribution in [0, 0.1) is 0 Å². The Morgan fingerprint density at radius 2 is 2.19 bits per heavy atom. The van der Waals surface area contributed by atoms with Gasteiger partial charge in [-0.3, -0.25) is 4.79 Å². The van der Waals surface area contributed by atoms with Crippen molar-refractivity contribution in [2.75, 3.05) is 32.8 Å². The Morgan fingerprint density at radius 3 is 3.00 bits per heavy atom. The van der Waals surface area contributed by atoms with Gasteiger partial charge in [-0.15, -0.1) is 0 Å². The van der Waals surface area contributed by atoms with Crippen molar-refractivity contribution in [1.29, 1.82) is 0 Å². The van der Waals surface area contributed by atoms with Gasteiger partial charge < -0.3 is 24.4 Å². The minimum atomic E-state index is -0.0732. The van der Waals surface area contributed by atoms with E-state index in [0.29, 0.717) is 36.2 Å². The summed E-state index contributed by atoms with van der Waals surface area (Å²) in [6, 6.07) is 11.0. The summed E-state index contributed by atoms with van der Waals surface area (Å²) in [6.07, 6.45) is 0. The number of amides is 1. The van der Waals surface area contributed by atoms with E-state index in [1.54, 1.807) is 13.2 Å². The fourth-order valence-electron chi connectivity index (χ4n) is 2.96. The van der Waals surface area contributed by atoms with Crippen molar-refractivity contribution in [2.24, 2.45) is 0 Å². The largest absolute Gasteiger partial charge is 0.497 e. The Bertz CT molecular complexity index is 797. The summed E-state index contributed by atoms with van der Waals surface area (Å²) >= 11 is 6.20. The third-order valence-electron chi connectivity index (χ3n) is 4.06.